The summed E-state index contributed by atoms with van der Waals surface area (Å²) in [7, 11) is -4.02. The molecule has 0 bridgehead atoms. The first-order valence-electron chi connectivity index (χ1n) is 11.9. The summed E-state index contributed by atoms with van der Waals surface area (Å²) in [5.41, 5.74) is 3.73. The van der Waals surface area contributed by atoms with Gasteiger partial charge in [0.05, 0.1) is 30.9 Å². The van der Waals surface area contributed by atoms with Gasteiger partial charge in [0.2, 0.25) is 10.0 Å². The summed E-state index contributed by atoms with van der Waals surface area (Å²) in [6, 6.07) is 17.8. The number of benzene rings is 3. The Morgan fingerprint density at radius 2 is 1.61 bits per heavy atom. The number of carbonyl (C=O) groups is 1. The van der Waals surface area contributed by atoms with E-state index in [4.69, 9.17) is 32.7 Å². The minimum Gasteiger partial charge on any atom is -0.490 e. The third-order valence-corrected chi connectivity index (χ3v) is 7.49. The quantitative estimate of drug-likeness (QED) is 0.213. The molecule has 11 heteroatoms. The predicted molar refractivity (Wildman–Crippen MR) is 150 cm³/mol. The third kappa shape index (κ3) is 8.46. The summed E-state index contributed by atoms with van der Waals surface area (Å²) in [4.78, 5) is 12.8. The first-order valence-corrected chi connectivity index (χ1v) is 14.1. The molecule has 0 heterocycles. The zero-order chi connectivity index (χ0) is 27.5. The molecule has 38 heavy (non-hydrogen) atoms. The van der Waals surface area contributed by atoms with Gasteiger partial charge in [0.25, 0.3) is 5.91 Å². The van der Waals surface area contributed by atoms with Crippen LogP contribution in [0.4, 0.5) is 0 Å². The molecule has 1 N–H and O–H groups in total. The Bertz CT molecular complexity index is 1350. The SMILES string of the molecule is CCCOc1ccc(/C=N\NC(=O)CN(Cc2ccc(Cl)cc2)S(=O)(=O)c2ccc(Cl)cc2)cc1OCC. The van der Waals surface area contributed by atoms with Crippen molar-refractivity contribution in [3.05, 3.63) is 87.9 Å². The predicted octanol–water partition coefficient (Wildman–Crippen LogP) is 5.52. The molecule has 0 aliphatic rings. The molecular formula is C27H29Cl2N3O5S. The van der Waals surface area contributed by atoms with Gasteiger partial charge >= 0.3 is 0 Å². The fraction of sp³-hybridized carbons (Fsp3) is 0.259. The van der Waals surface area contributed by atoms with Crippen molar-refractivity contribution in [2.45, 2.75) is 31.7 Å². The van der Waals surface area contributed by atoms with Crippen LogP contribution in [0, 0.1) is 0 Å². The fourth-order valence-electron chi connectivity index (χ4n) is 3.35. The number of hydrazone groups is 1. The van der Waals surface area contributed by atoms with Crippen LogP contribution in [0.1, 0.15) is 31.4 Å². The number of hydrogen-bond donors (Lipinski definition) is 1. The van der Waals surface area contributed by atoms with Crippen molar-refractivity contribution in [3.8, 4) is 11.5 Å². The number of nitrogens with one attached hydrogen (secondary N) is 1. The van der Waals surface area contributed by atoms with Gasteiger partial charge in [0, 0.05) is 16.6 Å². The Labute approximate surface area is 233 Å². The number of sulfonamides is 1. The van der Waals surface area contributed by atoms with Gasteiger partial charge in [-0.2, -0.15) is 9.41 Å². The Balaban J connectivity index is 1.75. The summed E-state index contributed by atoms with van der Waals surface area (Å²) in [5, 5.41) is 4.91. The van der Waals surface area contributed by atoms with Crippen LogP contribution in [0.25, 0.3) is 0 Å². The molecule has 0 radical (unpaired) electrons. The van der Waals surface area contributed by atoms with E-state index in [0.717, 1.165) is 10.7 Å². The number of carbonyl (C=O) groups excluding carboxylic acids is 1. The highest BCUT2D eigenvalue weighted by Gasteiger charge is 2.27. The maximum absolute atomic E-state index is 13.4. The lowest BCUT2D eigenvalue weighted by molar-refractivity contribution is -0.121. The van der Waals surface area contributed by atoms with E-state index in [9.17, 15) is 13.2 Å². The smallest absolute Gasteiger partial charge is 0.255 e. The molecule has 0 saturated heterocycles. The minimum absolute atomic E-state index is 0.0148. The average molecular weight is 579 g/mol. The number of nitrogens with zero attached hydrogens (tertiary/aromatic N) is 2. The van der Waals surface area contributed by atoms with Crippen molar-refractivity contribution in [1.29, 1.82) is 0 Å². The highest BCUT2D eigenvalue weighted by molar-refractivity contribution is 7.89. The lowest BCUT2D eigenvalue weighted by Crippen LogP contribution is -2.39. The van der Waals surface area contributed by atoms with Gasteiger partial charge in [-0.05, 0) is 79.1 Å². The summed E-state index contributed by atoms with van der Waals surface area (Å²) < 4.78 is 39.1. The van der Waals surface area contributed by atoms with Crippen LogP contribution in [-0.4, -0.2) is 44.6 Å². The van der Waals surface area contributed by atoms with Crippen molar-refractivity contribution in [2.24, 2.45) is 5.10 Å². The third-order valence-electron chi connectivity index (χ3n) is 5.18. The van der Waals surface area contributed by atoms with Crippen LogP contribution in [0.3, 0.4) is 0 Å². The number of rotatable bonds is 13. The standard InChI is InChI=1S/C27H29Cl2N3O5S/c1-3-15-37-25-14-7-21(16-26(25)36-4-2)17-30-31-27(33)19-32(18-20-5-8-22(28)9-6-20)38(34,35)24-12-10-23(29)11-13-24/h5-14,16-17H,3-4,15,18-19H2,1-2H3,(H,31,33)/b30-17-. The van der Waals surface area contributed by atoms with E-state index in [-0.39, 0.29) is 11.4 Å². The van der Waals surface area contributed by atoms with Gasteiger partial charge in [-0.3, -0.25) is 4.79 Å². The van der Waals surface area contributed by atoms with Gasteiger partial charge in [-0.25, -0.2) is 13.8 Å². The first-order chi connectivity index (χ1) is 18.2. The molecule has 0 aromatic heterocycles. The molecule has 0 atom stereocenters. The highest BCUT2D eigenvalue weighted by atomic mass is 35.5. The fourth-order valence-corrected chi connectivity index (χ4v) is 4.99. The van der Waals surface area contributed by atoms with Crippen molar-refractivity contribution in [1.82, 2.24) is 9.73 Å². The monoisotopic (exact) mass is 577 g/mol. The van der Waals surface area contributed by atoms with E-state index < -0.39 is 22.5 Å². The Kier molecular flexibility index (Phi) is 11.0. The highest BCUT2D eigenvalue weighted by Crippen LogP contribution is 2.28. The van der Waals surface area contributed by atoms with E-state index in [2.05, 4.69) is 10.5 Å². The Morgan fingerprint density at radius 1 is 0.947 bits per heavy atom. The van der Waals surface area contributed by atoms with Crippen molar-refractivity contribution < 1.29 is 22.7 Å². The second-order valence-electron chi connectivity index (χ2n) is 8.13. The zero-order valence-electron chi connectivity index (χ0n) is 21.1. The van der Waals surface area contributed by atoms with Crippen molar-refractivity contribution >= 4 is 45.3 Å². The molecule has 3 aromatic carbocycles. The molecule has 0 aliphatic carbocycles. The first kappa shape index (κ1) is 29.4. The van der Waals surface area contributed by atoms with E-state index >= 15 is 0 Å². The summed E-state index contributed by atoms with van der Waals surface area (Å²) in [6.07, 6.45) is 2.31. The largest absolute Gasteiger partial charge is 0.490 e. The number of ether oxygens (including phenoxy) is 2. The van der Waals surface area contributed by atoms with Crippen molar-refractivity contribution in [3.63, 3.8) is 0 Å². The number of hydrogen-bond acceptors (Lipinski definition) is 6. The van der Waals surface area contributed by atoms with Gasteiger partial charge in [-0.15, -0.1) is 0 Å². The van der Waals surface area contributed by atoms with Crippen LogP contribution in [0.5, 0.6) is 11.5 Å². The van der Waals surface area contributed by atoms with Crippen molar-refractivity contribution in [2.75, 3.05) is 19.8 Å². The van der Waals surface area contributed by atoms with Crippen LogP contribution in [-0.2, 0) is 21.4 Å². The molecule has 1 amide bonds. The molecular weight excluding hydrogens is 549 g/mol. The lowest BCUT2D eigenvalue weighted by atomic mass is 10.2. The molecule has 3 rings (SSSR count). The summed E-state index contributed by atoms with van der Waals surface area (Å²) in [5.74, 6) is 0.584. The van der Waals surface area contributed by atoms with Crippen LogP contribution in [0.2, 0.25) is 10.0 Å². The molecule has 0 saturated carbocycles. The summed E-state index contributed by atoms with van der Waals surface area (Å²) in [6.45, 7) is 4.41. The van der Waals surface area contributed by atoms with Gasteiger partial charge in [-0.1, -0.05) is 42.3 Å². The molecule has 3 aromatic rings. The zero-order valence-corrected chi connectivity index (χ0v) is 23.4. The van der Waals surface area contributed by atoms with Gasteiger partial charge < -0.3 is 9.47 Å². The molecule has 0 unspecified atom stereocenters. The number of amides is 1. The van der Waals surface area contributed by atoms with Crippen LogP contribution < -0.4 is 14.9 Å². The topological polar surface area (TPSA) is 97.3 Å². The van der Waals surface area contributed by atoms with Crippen LogP contribution >= 0.6 is 23.2 Å². The molecule has 0 aliphatic heterocycles. The normalized spacial score (nSPS) is 11.6. The Hall–Kier alpha value is -3.11. The maximum Gasteiger partial charge on any atom is 0.255 e. The van der Waals surface area contributed by atoms with E-state index in [1.807, 2.05) is 13.8 Å². The second kappa shape index (κ2) is 14.2. The van der Waals surface area contributed by atoms with E-state index in [1.165, 1.54) is 30.5 Å². The lowest BCUT2D eigenvalue weighted by Gasteiger charge is -2.21. The molecule has 0 fully saturated rings. The Morgan fingerprint density at radius 3 is 2.24 bits per heavy atom. The molecule has 0 spiro atoms. The van der Waals surface area contributed by atoms with E-state index in [0.29, 0.717) is 45.9 Å². The van der Waals surface area contributed by atoms with Gasteiger partial charge in [0.1, 0.15) is 0 Å². The molecule has 8 nitrogen and oxygen atoms in total. The average Bonchev–Trinajstić information content (AvgIpc) is 2.89. The maximum atomic E-state index is 13.4. The summed E-state index contributed by atoms with van der Waals surface area (Å²) >= 11 is 11.9. The molecule has 202 valence electrons. The van der Waals surface area contributed by atoms with Crippen LogP contribution in [0.15, 0.2) is 76.7 Å². The van der Waals surface area contributed by atoms with Gasteiger partial charge in [0.15, 0.2) is 11.5 Å². The number of halogens is 2. The minimum atomic E-state index is -4.02. The van der Waals surface area contributed by atoms with E-state index in [1.54, 1.807) is 42.5 Å². The second-order valence-corrected chi connectivity index (χ2v) is 10.9.